The molecule has 4 nitrogen and oxygen atoms in total. The molecule has 5 heteroatoms. The molecule has 3 aromatic rings. The first-order chi connectivity index (χ1) is 11.6. The Labute approximate surface area is 144 Å². The van der Waals surface area contributed by atoms with Gasteiger partial charge >= 0.3 is 0 Å². The predicted octanol–water partition coefficient (Wildman–Crippen LogP) is 4.67. The van der Waals surface area contributed by atoms with Gasteiger partial charge in [-0.2, -0.15) is 5.10 Å². The second-order valence-electron chi connectivity index (χ2n) is 5.28. The molecule has 1 N–H and O–H groups in total. The standard InChI is InChI=1S/C19H15ClN2O2/c1-13-4-2-6-15(10-13)19(23)22-21-12-17-8-9-18(24-17)14-5-3-7-16(20)11-14/h2-12H,1H3,(H,22,23)/b21-12+. The fraction of sp³-hybridized carbons (Fsp3) is 0.0526. The Morgan fingerprint density at radius 2 is 1.96 bits per heavy atom. The van der Waals surface area contributed by atoms with Gasteiger partial charge in [0.1, 0.15) is 11.5 Å². The highest BCUT2D eigenvalue weighted by Crippen LogP contribution is 2.24. The van der Waals surface area contributed by atoms with E-state index in [9.17, 15) is 4.79 Å². The van der Waals surface area contributed by atoms with Gasteiger partial charge in [-0.3, -0.25) is 4.79 Å². The van der Waals surface area contributed by atoms with E-state index in [4.69, 9.17) is 16.0 Å². The number of benzene rings is 2. The van der Waals surface area contributed by atoms with Gasteiger partial charge < -0.3 is 4.42 Å². The summed E-state index contributed by atoms with van der Waals surface area (Å²) in [7, 11) is 0. The van der Waals surface area contributed by atoms with Gasteiger partial charge in [0, 0.05) is 16.1 Å². The molecule has 0 atom stereocenters. The van der Waals surface area contributed by atoms with Crippen LogP contribution in [0.2, 0.25) is 5.02 Å². The second-order valence-corrected chi connectivity index (χ2v) is 5.72. The van der Waals surface area contributed by atoms with Gasteiger partial charge in [0.05, 0.1) is 6.21 Å². The van der Waals surface area contributed by atoms with E-state index in [1.807, 2.05) is 43.3 Å². The average Bonchev–Trinajstić information content (AvgIpc) is 3.04. The number of hydrogen-bond donors (Lipinski definition) is 1. The third-order valence-corrected chi connectivity index (χ3v) is 3.61. The molecule has 0 unspecified atom stereocenters. The van der Waals surface area contributed by atoms with E-state index >= 15 is 0 Å². The molecule has 1 amide bonds. The van der Waals surface area contributed by atoms with Crippen molar-refractivity contribution in [3.8, 4) is 11.3 Å². The average molecular weight is 339 g/mol. The first-order valence-electron chi connectivity index (χ1n) is 7.38. The molecular weight excluding hydrogens is 324 g/mol. The van der Waals surface area contributed by atoms with Crippen LogP contribution in [-0.2, 0) is 0 Å². The van der Waals surface area contributed by atoms with Crippen LogP contribution in [0.5, 0.6) is 0 Å². The first-order valence-corrected chi connectivity index (χ1v) is 7.75. The van der Waals surface area contributed by atoms with Crippen LogP contribution >= 0.6 is 11.6 Å². The number of rotatable bonds is 4. The number of amides is 1. The van der Waals surface area contributed by atoms with Gasteiger partial charge in [-0.05, 0) is 43.3 Å². The van der Waals surface area contributed by atoms with Crippen molar-refractivity contribution < 1.29 is 9.21 Å². The van der Waals surface area contributed by atoms with Crippen molar-refractivity contribution in [3.63, 3.8) is 0 Å². The summed E-state index contributed by atoms with van der Waals surface area (Å²) in [6.07, 6.45) is 1.46. The molecule has 0 fully saturated rings. The van der Waals surface area contributed by atoms with Crippen LogP contribution in [0.25, 0.3) is 11.3 Å². The highest BCUT2D eigenvalue weighted by molar-refractivity contribution is 6.30. The van der Waals surface area contributed by atoms with Crippen LogP contribution in [0.1, 0.15) is 21.7 Å². The normalized spacial score (nSPS) is 10.9. The van der Waals surface area contributed by atoms with Gasteiger partial charge in [-0.15, -0.1) is 0 Å². The molecule has 0 saturated carbocycles. The topological polar surface area (TPSA) is 54.6 Å². The maximum Gasteiger partial charge on any atom is 0.271 e. The molecule has 3 rings (SSSR count). The van der Waals surface area contributed by atoms with E-state index < -0.39 is 0 Å². The van der Waals surface area contributed by atoms with E-state index in [2.05, 4.69) is 10.5 Å². The van der Waals surface area contributed by atoms with Crippen LogP contribution in [0, 0.1) is 6.92 Å². The summed E-state index contributed by atoms with van der Waals surface area (Å²) in [6, 6.07) is 18.3. The molecule has 1 aromatic heterocycles. The van der Waals surface area contributed by atoms with Crippen LogP contribution in [0.15, 0.2) is 70.2 Å². The van der Waals surface area contributed by atoms with Crippen molar-refractivity contribution in [2.45, 2.75) is 6.92 Å². The highest BCUT2D eigenvalue weighted by atomic mass is 35.5. The smallest absolute Gasteiger partial charge is 0.271 e. The Hall–Kier alpha value is -2.85. The maximum absolute atomic E-state index is 12.0. The number of nitrogens with one attached hydrogen (secondary N) is 1. The zero-order valence-electron chi connectivity index (χ0n) is 13.0. The molecule has 0 aliphatic heterocycles. The molecular formula is C19H15ClN2O2. The molecule has 0 saturated heterocycles. The summed E-state index contributed by atoms with van der Waals surface area (Å²) in [5, 5.41) is 4.57. The van der Waals surface area contributed by atoms with E-state index in [1.165, 1.54) is 6.21 Å². The number of carbonyl (C=O) groups is 1. The van der Waals surface area contributed by atoms with Crippen LogP contribution < -0.4 is 5.43 Å². The number of nitrogens with zero attached hydrogens (tertiary/aromatic N) is 1. The highest BCUT2D eigenvalue weighted by Gasteiger charge is 2.05. The number of carbonyl (C=O) groups excluding carboxylic acids is 1. The monoisotopic (exact) mass is 338 g/mol. The van der Waals surface area contributed by atoms with Crippen molar-refractivity contribution >= 4 is 23.7 Å². The molecule has 0 spiro atoms. The summed E-state index contributed by atoms with van der Waals surface area (Å²) in [5.41, 5.74) is 4.94. The quantitative estimate of drug-likeness (QED) is 0.555. The second kappa shape index (κ2) is 7.15. The minimum atomic E-state index is -0.267. The van der Waals surface area contributed by atoms with E-state index in [0.29, 0.717) is 22.1 Å². The molecule has 24 heavy (non-hydrogen) atoms. The molecule has 2 aromatic carbocycles. The van der Waals surface area contributed by atoms with Crippen LogP contribution in [0.4, 0.5) is 0 Å². The Bertz CT molecular complexity index is 900. The van der Waals surface area contributed by atoms with Gasteiger partial charge in [0.15, 0.2) is 0 Å². The fourth-order valence-corrected chi connectivity index (χ4v) is 2.41. The lowest BCUT2D eigenvalue weighted by Gasteiger charge is -2.00. The maximum atomic E-state index is 12.0. The third kappa shape index (κ3) is 3.91. The van der Waals surface area contributed by atoms with Crippen molar-refractivity contribution in [3.05, 3.63) is 82.6 Å². The Morgan fingerprint density at radius 1 is 1.12 bits per heavy atom. The Balaban J connectivity index is 1.66. The summed E-state index contributed by atoms with van der Waals surface area (Å²) in [6.45, 7) is 1.93. The number of hydrazone groups is 1. The van der Waals surface area contributed by atoms with Gasteiger partial charge in [0.2, 0.25) is 0 Å². The first kappa shape index (κ1) is 16.0. The van der Waals surface area contributed by atoms with E-state index in [0.717, 1.165) is 11.1 Å². The summed E-state index contributed by atoms with van der Waals surface area (Å²) < 4.78 is 5.67. The van der Waals surface area contributed by atoms with Gasteiger partial charge in [-0.25, -0.2) is 5.43 Å². The fourth-order valence-electron chi connectivity index (χ4n) is 2.22. The van der Waals surface area contributed by atoms with Gasteiger partial charge in [0.25, 0.3) is 5.91 Å². The lowest BCUT2D eigenvalue weighted by atomic mass is 10.1. The number of furan rings is 1. The lowest BCUT2D eigenvalue weighted by Crippen LogP contribution is -2.17. The Kier molecular flexibility index (Phi) is 4.77. The largest absolute Gasteiger partial charge is 0.455 e. The van der Waals surface area contributed by atoms with Crippen molar-refractivity contribution in [2.24, 2.45) is 5.10 Å². The van der Waals surface area contributed by atoms with Crippen molar-refractivity contribution in [2.75, 3.05) is 0 Å². The number of hydrogen-bond acceptors (Lipinski definition) is 3. The van der Waals surface area contributed by atoms with Crippen molar-refractivity contribution in [1.82, 2.24) is 5.43 Å². The third-order valence-electron chi connectivity index (χ3n) is 3.37. The predicted molar refractivity (Wildman–Crippen MR) is 95.4 cm³/mol. The SMILES string of the molecule is Cc1cccc(C(=O)N/N=C/c2ccc(-c3cccc(Cl)c3)o2)c1. The molecule has 0 bridgehead atoms. The van der Waals surface area contributed by atoms with Crippen LogP contribution in [0.3, 0.4) is 0 Å². The van der Waals surface area contributed by atoms with Gasteiger partial charge in [-0.1, -0.05) is 41.4 Å². The van der Waals surface area contributed by atoms with Crippen molar-refractivity contribution in [1.29, 1.82) is 0 Å². The zero-order valence-corrected chi connectivity index (χ0v) is 13.7. The summed E-state index contributed by atoms with van der Waals surface area (Å²) in [5.74, 6) is 0.954. The Morgan fingerprint density at radius 3 is 2.75 bits per heavy atom. The zero-order chi connectivity index (χ0) is 16.9. The van der Waals surface area contributed by atoms with E-state index in [-0.39, 0.29) is 5.91 Å². The molecule has 0 aliphatic carbocycles. The number of aryl methyl sites for hydroxylation is 1. The molecule has 120 valence electrons. The summed E-state index contributed by atoms with van der Waals surface area (Å²) in [4.78, 5) is 12.0. The van der Waals surface area contributed by atoms with Crippen LogP contribution in [-0.4, -0.2) is 12.1 Å². The molecule has 0 aliphatic rings. The molecule has 1 heterocycles. The lowest BCUT2D eigenvalue weighted by molar-refractivity contribution is 0.0955. The minimum Gasteiger partial charge on any atom is -0.455 e. The van der Waals surface area contributed by atoms with E-state index in [1.54, 1.807) is 24.3 Å². The summed E-state index contributed by atoms with van der Waals surface area (Å²) >= 11 is 5.97. The molecule has 0 radical (unpaired) electrons. The number of halogens is 1. The minimum absolute atomic E-state index is 0.267.